The van der Waals surface area contributed by atoms with Crippen LogP contribution in [-0.4, -0.2) is 40.9 Å². The number of piperidine rings is 1. The number of halogens is 1. The van der Waals surface area contributed by atoms with E-state index in [1.54, 1.807) is 24.7 Å². The fraction of sp³-hybridized carbons (Fsp3) is 0.412. The molecule has 0 bridgehead atoms. The second kappa shape index (κ2) is 8.37. The average Bonchev–Trinajstić information content (AvgIpc) is 2.67. The highest BCUT2D eigenvalue weighted by Crippen LogP contribution is 2.27. The van der Waals surface area contributed by atoms with Crippen LogP contribution in [0, 0.1) is 17.2 Å². The number of pyridine rings is 1. The first-order chi connectivity index (χ1) is 12.2. The third-order valence-electron chi connectivity index (χ3n) is 4.17. The summed E-state index contributed by atoms with van der Waals surface area (Å²) in [6.07, 6.45) is 8.75. The predicted octanol–water partition coefficient (Wildman–Crippen LogP) is 3.41. The van der Waals surface area contributed by atoms with Crippen molar-refractivity contribution in [3.63, 3.8) is 0 Å². The van der Waals surface area contributed by atoms with Gasteiger partial charge in [0.05, 0.1) is 12.8 Å². The van der Waals surface area contributed by atoms with Crippen molar-refractivity contribution in [3.05, 3.63) is 35.2 Å². The number of hydrogen-bond donors (Lipinski definition) is 0. The Bertz CT molecular complexity index is 774. The Morgan fingerprint density at radius 2 is 2.20 bits per heavy atom. The molecule has 1 saturated heterocycles. The summed E-state index contributed by atoms with van der Waals surface area (Å²) in [7, 11) is 0. The molecule has 0 aliphatic carbocycles. The fourth-order valence-electron chi connectivity index (χ4n) is 2.77. The number of anilines is 1. The van der Waals surface area contributed by atoms with Crippen LogP contribution in [0.15, 0.2) is 29.8 Å². The number of ether oxygens (including phenoxy) is 1. The van der Waals surface area contributed by atoms with Gasteiger partial charge in [0.15, 0.2) is 11.0 Å². The van der Waals surface area contributed by atoms with E-state index in [-0.39, 0.29) is 0 Å². The first-order valence-electron chi connectivity index (χ1n) is 7.99. The molecule has 8 heteroatoms. The number of aromatic nitrogens is 3. The number of rotatable bonds is 5. The van der Waals surface area contributed by atoms with E-state index in [0.717, 1.165) is 31.7 Å². The largest absolute Gasteiger partial charge is 0.492 e. The third-order valence-corrected chi connectivity index (χ3v) is 5.02. The summed E-state index contributed by atoms with van der Waals surface area (Å²) in [5, 5.41) is 10.5. The van der Waals surface area contributed by atoms with Gasteiger partial charge in [0, 0.05) is 31.5 Å². The Labute approximate surface area is 156 Å². The lowest BCUT2D eigenvalue weighted by Gasteiger charge is -2.33. The van der Waals surface area contributed by atoms with Crippen molar-refractivity contribution in [2.24, 2.45) is 5.92 Å². The van der Waals surface area contributed by atoms with Crippen LogP contribution in [0.3, 0.4) is 0 Å². The minimum Gasteiger partial charge on any atom is -0.492 e. The fourth-order valence-corrected chi connectivity index (χ4v) is 3.28. The lowest BCUT2D eigenvalue weighted by molar-refractivity contribution is 0.222. The maximum atomic E-state index is 9.30. The van der Waals surface area contributed by atoms with Crippen molar-refractivity contribution in [2.75, 3.05) is 30.9 Å². The highest BCUT2D eigenvalue weighted by molar-refractivity contribution is 7.98. The van der Waals surface area contributed by atoms with Crippen LogP contribution in [0.1, 0.15) is 18.4 Å². The quantitative estimate of drug-likeness (QED) is 0.585. The molecule has 1 aliphatic rings. The zero-order valence-corrected chi connectivity index (χ0v) is 15.4. The van der Waals surface area contributed by atoms with Gasteiger partial charge >= 0.3 is 0 Å². The van der Waals surface area contributed by atoms with Gasteiger partial charge in [-0.1, -0.05) is 23.4 Å². The van der Waals surface area contributed by atoms with Crippen molar-refractivity contribution < 1.29 is 4.74 Å². The number of thioether (sulfide) groups is 1. The van der Waals surface area contributed by atoms with Crippen LogP contribution in [0.25, 0.3) is 0 Å². The molecule has 130 valence electrons. The van der Waals surface area contributed by atoms with Crippen LogP contribution >= 0.6 is 23.4 Å². The lowest BCUT2D eigenvalue weighted by atomic mass is 9.97. The Morgan fingerprint density at radius 1 is 1.40 bits per heavy atom. The van der Waals surface area contributed by atoms with Crippen LogP contribution in [-0.2, 0) is 0 Å². The summed E-state index contributed by atoms with van der Waals surface area (Å²) in [4.78, 5) is 14.8. The van der Waals surface area contributed by atoms with E-state index in [2.05, 4.69) is 25.9 Å². The van der Waals surface area contributed by atoms with E-state index in [1.165, 1.54) is 11.8 Å². The summed E-state index contributed by atoms with van der Waals surface area (Å²) >= 11 is 7.54. The van der Waals surface area contributed by atoms with Crippen molar-refractivity contribution in [2.45, 2.75) is 18.0 Å². The molecule has 0 aromatic carbocycles. The summed E-state index contributed by atoms with van der Waals surface area (Å²) < 4.78 is 5.83. The van der Waals surface area contributed by atoms with Gasteiger partial charge in [-0.2, -0.15) is 5.26 Å². The Kier molecular flexibility index (Phi) is 5.95. The van der Waals surface area contributed by atoms with E-state index in [4.69, 9.17) is 16.3 Å². The maximum Gasteiger partial charge on any atom is 0.189 e. The number of nitriles is 1. The molecule has 0 atom stereocenters. The van der Waals surface area contributed by atoms with Crippen molar-refractivity contribution in [1.29, 1.82) is 5.26 Å². The summed E-state index contributed by atoms with van der Waals surface area (Å²) in [5.74, 6) is 1.86. The normalized spacial score (nSPS) is 15.0. The van der Waals surface area contributed by atoms with Crippen LogP contribution < -0.4 is 9.64 Å². The van der Waals surface area contributed by atoms with Gasteiger partial charge in [-0.3, -0.25) is 4.98 Å². The minimum atomic E-state index is 0.452. The third kappa shape index (κ3) is 4.33. The topological polar surface area (TPSA) is 74.9 Å². The molecule has 2 aromatic heterocycles. The molecular weight excluding hydrogens is 358 g/mol. The van der Waals surface area contributed by atoms with E-state index in [1.807, 2.05) is 6.26 Å². The van der Waals surface area contributed by atoms with E-state index in [9.17, 15) is 5.26 Å². The summed E-state index contributed by atoms with van der Waals surface area (Å²) in [6.45, 7) is 2.32. The van der Waals surface area contributed by atoms with Gasteiger partial charge in [0.1, 0.15) is 22.4 Å². The van der Waals surface area contributed by atoms with E-state index in [0.29, 0.717) is 34.0 Å². The molecule has 3 heterocycles. The van der Waals surface area contributed by atoms with Gasteiger partial charge in [-0.05, 0) is 25.0 Å². The van der Waals surface area contributed by atoms with Gasteiger partial charge in [0.2, 0.25) is 0 Å². The molecule has 1 aliphatic heterocycles. The molecular formula is C17H18ClN5OS. The molecule has 0 radical (unpaired) electrons. The molecule has 0 N–H and O–H groups in total. The highest BCUT2D eigenvalue weighted by atomic mass is 35.5. The minimum absolute atomic E-state index is 0.452. The molecule has 6 nitrogen and oxygen atoms in total. The molecule has 0 saturated carbocycles. The van der Waals surface area contributed by atoms with Crippen LogP contribution in [0.4, 0.5) is 5.82 Å². The van der Waals surface area contributed by atoms with Gasteiger partial charge in [-0.15, -0.1) is 0 Å². The zero-order chi connectivity index (χ0) is 17.6. The second-order valence-corrected chi connectivity index (χ2v) is 6.93. The van der Waals surface area contributed by atoms with Crippen LogP contribution in [0.2, 0.25) is 5.02 Å². The molecule has 0 spiro atoms. The number of nitrogens with zero attached hydrogens (tertiary/aromatic N) is 5. The van der Waals surface area contributed by atoms with E-state index < -0.39 is 0 Å². The van der Waals surface area contributed by atoms with Crippen LogP contribution in [0.5, 0.6) is 5.75 Å². The number of hydrogen-bond acceptors (Lipinski definition) is 7. The van der Waals surface area contributed by atoms with Crippen molar-refractivity contribution >= 4 is 29.2 Å². The highest BCUT2D eigenvalue weighted by Gasteiger charge is 2.23. The molecule has 0 unspecified atom stereocenters. The first kappa shape index (κ1) is 17.8. The Morgan fingerprint density at radius 3 is 2.88 bits per heavy atom. The maximum absolute atomic E-state index is 9.30. The standard InChI is InChI=1S/C17H18ClN5OS/c1-25-17-21-9-13(8-19)16(22-17)23-6-3-12(4-7-23)11-24-15-2-5-20-10-14(15)18/h2,5,9-10,12H,3-4,6-7,11H2,1H3. The summed E-state index contributed by atoms with van der Waals surface area (Å²) in [5.41, 5.74) is 0.524. The van der Waals surface area contributed by atoms with E-state index >= 15 is 0 Å². The lowest BCUT2D eigenvalue weighted by Crippen LogP contribution is -2.36. The average molecular weight is 376 g/mol. The monoisotopic (exact) mass is 375 g/mol. The smallest absolute Gasteiger partial charge is 0.189 e. The molecule has 25 heavy (non-hydrogen) atoms. The van der Waals surface area contributed by atoms with Gasteiger partial charge in [0.25, 0.3) is 0 Å². The Balaban J connectivity index is 1.59. The van der Waals surface area contributed by atoms with Gasteiger partial charge < -0.3 is 9.64 Å². The van der Waals surface area contributed by atoms with Gasteiger partial charge in [-0.25, -0.2) is 9.97 Å². The second-order valence-electron chi connectivity index (χ2n) is 5.75. The van der Waals surface area contributed by atoms with Crippen molar-refractivity contribution in [3.8, 4) is 11.8 Å². The molecule has 2 aromatic rings. The van der Waals surface area contributed by atoms with Crippen molar-refractivity contribution in [1.82, 2.24) is 15.0 Å². The predicted molar refractivity (Wildman–Crippen MR) is 98.2 cm³/mol. The molecule has 1 fully saturated rings. The molecule has 3 rings (SSSR count). The summed E-state index contributed by atoms with van der Waals surface area (Å²) in [6, 6.07) is 3.97. The Hall–Kier alpha value is -2.04. The first-order valence-corrected chi connectivity index (χ1v) is 9.60. The zero-order valence-electron chi connectivity index (χ0n) is 13.9. The molecule has 0 amide bonds. The SMILES string of the molecule is CSc1ncc(C#N)c(N2CCC(COc3ccncc3Cl)CC2)n1.